The Bertz CT molecular complexity index is 1400. The Hall–Kier alpha value is -3.74. The molecule has 0 saturated carbocycles. The molecular weight excluding hydrogens is 464 g/mol. The third-order valence-electron chi connectivity index (χ3n) is 5.95. The van der Waals surface area contributed by atoms with Crippen LogP contribution < -0.4 is 5.32 Å². The van der Waals surface area contributed by atoms with Crippen LogP contribution in [0.1, 0.15) is 41.0 Å². The van der Waals surface area contributed by atoms with E-state index in [4.69, 9.17) is 9.78 Å². The topological polar surface area (TPSA) is 116 Å². The number of sulfonamides is 1. The van der Waals surface area contributed by atoms with E-state index in [0.717, 1.165) is 11.1 Å². The summed E-state index contributed by atoms with van der Waals surface area (Å²) in [6.07, 6.45) is 4.50. The van der Waals surface area contributed by atoms with Crippen molar-refractivity contribution in [3.63, 3.8) is 0 Å². The molecule has 9 heteroatoms. The first-order valence-electron chi connectivity index (χ1n) is 11.3. The summed E-state index contributed by atoms with van der Waals surface area (Å²) in [5.41, 5.74) is 3.25. The van der Waals surface area contributed by atoms with Crippen LogP contribution in [0, 0.1) is 31.1 Å². The Kier molecular flexibility index (Phi) is 7.15. The second-order valence-corrected chi connectivity index (χ2v) is 10.5. The van der Waals surface area contributed by atoms with Crippen molar-refractivity contribution >= 4 is 33.8 Å². The van der Waals surface area contributed by atoms with Gasteiger partial charge in [-0.3, -0.25) is 4.79 Å². The maximum Gasteiger partial charge on any atom is 0.248 e. The van der Waals surface area contributed by atoms with Crippen LogP contribution in [-0.2, 0) is 14.8 Å². The van der Waals surface area contributed by atoms with Crippen LogP contribution in [0.25, 0.3) is 12.2 Å². The number of hydrogen-bond donors (Lipinski definition) is 1. The van der Waals surface area contributed by atoms with E-state index >= 15 is 0 Å². The van der Waals surface area contributed by atoms with Crippen LogP contribution in [0.5, 0.6) is 0 Å². The van der Waals surface area contributed by atoms with Crippen LogP contribution in [0.15, 0.2) is 57.9 Å². The largest absolute Gasteiger partial charge is 0.355 e. The molecule has 0 radical (unpaired) electrons. The molecule has 4 rings (SSSR count). The van der Waals surface area contributed by atoms with Crippen molar-refractivity contribution in [2.75, 3.05) is 18.4 Å². The summed E-state index contributed by atoms with van der Waals surface area (Å²) in [6, 6.07) is 16.5. The minimum Gasteiger partial charge on any atom is -0.355 e. The second kappa shape index (κ2) is 10.3. The van der Waals surface area contributed by atoms with E-state index < -0.39 is 15.9 Å². The first-order chi connectivity index (χ1) is 16.8. The van der Waals surface area contributed by atoms with Crippen molar-refractivity contribution in [1.29, 1.82) is 5.26 Å². The third-order valence-corrected chi connectivity index (χ3v) is 7.97. The zero-order valence-electron chi connectivity index (χ0n) is 19.6. The van der Waals surface area contributed by atoms with Gasteiger partial charge >= 0.3 is 0 Å². The van der Waals surface area contributed by atoms with E-state index in [9.17, 15) is 13.2 Å². The van der Waals surface area contributed by atoms with Crippen LogP contribution >= 0.6 is 0 Å². The molecule has 1 fully saturated rings. The summed E-state index contributed by atoms with van der Waals surface area (Å²) in [4.78, 5) is 12.9. The Morgan fingerprint density at radius 1 is 1.20 bits per heavy atom. The van der Waals surface area contributed by atoms with Gasteiger partial charge in [-0.25, -0.2) is 8.42 Å². The number of nitrogens with one attached hydrogen (secondary N) is 1. The lowest BCUT2D eigenvalue weighted by molar-refractivity contribution is -0.120. The molecule has 0 bridgehead atoms. The van der Waals surface area contributed by atoms with Crippen molar-refractivity contribution in [2.45, 2.75) is 31.6 Å². The highest BCUT2D eigenvalue weighted by Gasteiger charge is 2.37. The molecule has 0 spiro atoms. The van der Waals surface area contributed by atoms with Gasteiger partial charge in [-0.2, -0.15) is 9.57 Å². The van der Waals surface area contributed by atoms with Crippen molar-refractivity contribution in [3.8, 4) is 6.07 Å². The van der Waals surface area contributed by atoms with E-state index in [0.29, 0.717) is 30.6 Å². The fourth-order valence-corrected chi connectivity index (χ4v) is 5.84. The summed E-state index contributed by atoms with van der Waals surface area (Å²) < 4.78 is 33.8. The highest BCUT2D eigenvalue weighted by atomic mass is 32.2. The lowest BCUT2D eigenvalue weighted by Gasteiger charge is -2.31. The van der Waals surface area contributed by atoms with Gasteiger partial charge in [0.15, 0.2) is 10.7 Å². The summed E-state index contributed by atoms with van der Waals surface area (Å²) >= 11 is 0. The highest BCUT2D eigenvalue weighted by molar-refractivity contribution is 7.89. The molecule has 1 amide bonds. The normalized spacial score (nSPS) is 16.8. The number of carbonyl (C=O) groups excluding carboxylic acids is 1. The predicted octanol–water partition coefficient (Wildman–Crippen LogP) is 4.37. The van der Waals surface area contributed by atoms with Crippen molar-refractivity contribution < 1.29 is 17.7 Å². The van der Waals surface area contributed by atoms with Gasteiger partial charge in [0.1, 0.15) is 5.69 Å². The number of nitriles is 1. The molecule has 1 saturated heterocycles. The Morgan fingerprint density at radius 3 is 2.71 bits per heavy atom. The molecule has 1 N–H and O–H groups in total. The number of aryl methyl sites for hydroxylation is 2. The number of aromatic nitrogens is 1. The van der Waals surface area contributed by atoms with Gasteiger partial charge < -0.3 is 9.84 Å². The zero-order valence-corrected chi connectivity index (χ0v) is 20.4. The molecule has 35 heavy (non-hydrogen) atoms. The van der Waals surface area contributed by atoms with Crippen LogP contribution in [-0.4, -0.2) is 36.9 Å². The number of amides is 1. The second-order valence-electron chi connectivity index (χ2n) is 8.59. The maximum atomic E-state index is 13.6. The van der Waals surface area contributed by atoms with Crippen LogP contribution in [0.2, 0.25) is 0 Å². The number of rotatable bonds is 6. The number of nitrogens with zero attached hydrogens (tertiary/aromatic N) is 3. The molecule has 1 unspecified atom stereocenters. The quantitative estimate of drug-likeness (QED) is 0.548. The molecule has 1 atom stereocenters. The van der Waals surface area contributed by atoms with Gasteiger partial charge in [-0.1, -0.05) is 47.1 Å². The van der Waals surface area contributed by atoms with E-state index in [1.54, 1.807) is 43.3 Å². The Morgan fingerprint density at radius 2 is 1.97 bits per heavy atom. The molecular formula is C26H26N4O4S. The molecule has 8 nitrogen and oxygen atoms in total. The number of anilines is 1. The first kappa shape index (κ1) is 24.4. The molecule has 0 aliphatic carbocycles. The van der Waals surface area contributed by atoms with Gasteiger partial charge in [0.05, 0.1) is 17.6 Å². The summed E-state index contributed by atoms with van der Waals surface area (Å²) in [7, 11) is -3.94. The molecule has 3 aromatic rings. The SMILES string of the molecule is Cc1ccc(C=Cc2onc(C)c2S(=O)(=O)N2CCCC(C(=O)Nc3cccc(C#N)c3)C2)cc1. The van der Waals surface area contributed by atoms with E-state index in [-0.39, 0.29) is 28.8 Å². The highest BCUT2D eigenvalue weighted by Crippen LogP contribution is 2.30. The summed E-state index contributed by atoms with van der Waals surface area (Å²) in [5.74, 6) is -0.638. The van der Waals surface area contributed by atoms with E-state index in [1.165, 1.54) is 4.31 Å². The van der Waals surface area contributed by atoms with Crippen LogP contribution in [0.3, 0.4) is 0 Å². The lowest BCUT2D eigenvalue weighted by Crippen LogP contribution is -2.43. The lowest BCUT2D eigenvalue weighted by atomic mass is 9.98. The monoisotopic (exact) mass is 490 g/mol. The zero-order chi connectivity index (χ0) is 25.0. The Balaban J connectivity index is 1.52. The molecule has 2 aromatic carbocycles. The third kappa shape index (κ3) is 5.50. The van der Waals surface area contributed by atoms with Gasteiger partial charge in [0.2, 0.25) is 15.9 Å². The van der Waals surface area contributed by atoms with Crippen LogP contribution in [0.4, 0.5) is 5.69 Å². The van der Waals surface area contributed by atoms with Gasteiger partial charge in [-0.15, -0.1) is 0 Å². The maximum absolute atomic E-state index is 13.6. The summed E-state index contributed by atoms with van der Waals surface area (Å²) in [5, 5.41) is 15.8. The van der Waals surface area contributed by atoms with E-state index in [2.05, 4.69) is 10.5 Å². The molecule has 2 heterocycles. The molecule has 1 aliphatic heterocycles. The predicted molar refractivity (Wildman–Crippen MR) is 133 cm³/mol. The first-order valence-corrected chi connectivity index (χ1v) is 12.7. The fourth-order valence-electron chi connectivity index (χ4n) is 4.06. The van der Waals surface area contributed by atoms with Gasteiger partial charge in [0.25, 0.3) is 0 Å². The van der Waals surface area contributed by atoms with E-state index in [1.807, 2.05) is 37.3 Å². The van der Waals surface area contributed by atoms with Gasteiger partial charge in [0, 0.05) is 18.8 Å². The van der Waals surface area contributed by atoms with Crippen molar-refractivity contribution in [1.82, 2.24) is 9.46 Å². The number of hydrogen-bond acceptors (Lipinski definition) is 6. The minimum atomic E-state index is -3.94. The van der Waals surface area contributed by atoms with Crippen molar-refractivity contribution in [3.05, 3.63) is 76.7 Å². The number of benzene rings is 2. The standard InChI is InChI=1S/C26H26N4O4S/c1-18-8-10-20(11-9-18)12-13-24-25(19(2)29-34-24)35(32,33)30-14-4-6-22(17-30)26(31)28-23-7-3-5-21(15-23)16-27/h3,5,7-13,15,22H,4,6,14,17H2,1-2H3,(H,28,31). The molecule has 1 aromatic heterocycles. The van der Waals surface area contributed by atoms with Crippen molar-refractivity contribution in [2.24, 2.45) is 5.92 Å². The minimum absolute atomic E-state index is 0.0173. The average molecular weight is 491 g/mol. The van der Waals surface area contributed by atoms with Gasteiger partial charge in [-0.05, 0) is 56.5 Å². The average Bonchev–Trinajstić information content (AvgIpc) is 3.25. The summed E-state index contributed by atoms with van der Waals surface area (Å²) in [6.45, 7) is 3.95. The fraction of sp³-hybridized carbons (Fsp3) is 0.269. The molecule has 180 valence electrons. The smallest absolute Gasteiger partial charge is 0.248 e. The Labute approximate surface area is 204 Å². The molecule has 1 aliphatic rings. The number of piperidine rings is 1. The number of carbonyl (C=O) groups is 1.